The molecule has 12 heavy (non-hydrogen) atoms. The SMILES string of the molecule is CC(C)CCC[C@@H](C)CCCO. The molecule has 0 aromatic carbocycles. The van der Waals surface area contributed by atoms with Crippen LogP contribution in [0.3, 0.4) is 0 Å². The minimum absolute atomic E-state index is 0.356. The van der Waals surface area contributed by atoms with Crippen LogP contribution in [-0.4, -0.2) is 11.7 Å². The minimum atomic E-state index is 0.356. The maximum absolute atomic E-state index is 8.63. The van der Waals surface area contributed by atoms with Crippen LogP contribution in [0.25, 0.3) is 0 Å². The zero-order valence-corrected chi connectivity index (χ0v) is 8.84. The van der Waals surface area contributed by atoms with Gasteiger partial charge in [-0.15, -0.1) is 0 Å². The molecule has 0 aromatic rings. The van der Waals surface area contributed by atoms with E-state index in [0.29, 0.717) is 6.61 Å². The topological polar surface area (TPSA) is 20.2 Å². The Morgan fingerprint density at radius 2 is 1.50 bits per heavy atom. The lowest BCUT2D eigenvalue weighted by atomic mass is 9.96. The van der Waals surface area contributed by atoms with E-state index in [1.54, 1.807) is 0 Å². The van der Waals surface area contributed by atoms with Gasteiger partial charge in [0, 0.05) is 6.61 Å². The van der Waals surface area contributed by atoms with Crippen molar-refractivity contribution in [2.24, 2.45) is 11.8 Å². The molecule has 0 amide bonds. The van der Waals surface area contributed by atoms with Gasteiger partial charge in [-0.2, -0.15) is 0 Å². The summed E-state index contributed by atoms with van der Waals surface area (Å²) in [4.78, 5) is 0. The molecule has 0 unspecified atom stereocenters. The lowest BCUT2D eigenvalue weighted by molar-refractivity contribution is 0.270. The van der Waals surface area contributed by atoms with Crippen LogP contribution in [0.15, 0.2) is 0 Å². The summed E-state index contributed by atoms with van der Waals surface area (Å²) in [6.45, 7) is 7.20. The van der Waals surface area contributed by atoms with Crippen LogP contribution >= 0.6 is 0 Å². The van der Waals surface area contributed by atoms with Crippen LogP contribution in [0.5, 0.6) is 0 Å². The van der Waals surface area contributed by atoms with Gasteiger partial charge in [0.2, 0.25) is 0 Å². The van der Waals surface area contributed by atoms with Gasteiger partial charge in [0.1, 0.15) is 0 Å². The quantitative estimate of drug-likeness (QED) is 0.625. The van der Waals surface area contributed by atoms with E-state index in [4.69, 9.17) is 5.11 Å². The molecule has 0 rings (SSSR count). The van der Waals surface area contributed by atoms with E-state index in [1.807, 2.05) is 0 Å². The first-order chi connectivity index (χ1) is 5.66. The second-order valence-electron chi connectivity index (χ2n) is 4.30. The monoisotopic (exact) mass is 172 g/mol. The van der Waals surface area contributed by atoms with E-state index in [-0.39, 0.29) is 0 Å². The fourth-order valence-corrected chi connectivity index (χ4v) is 1.46. The van der Waals surface area contributed by atoms with Gasteiger partial charge in [0.15, 0.2) is 0 Å². The summed E-state index contributed by atoms with van der Waals surface area (Å²) in [5.41, 5.74) is 0. The number of hydrogen-bond acceptors (Lipinski definition) is 1. The second kappa shape index (κ2) is 7.60. The molecule has 1 atom stereocenters. The Bertz CT molecular complexity index is 89.0. The molecule has 0 saturated heterocycles. The summed E-state index contributed by atoms with van der Waals surface area (Å²) in [6, 6.07) is 0. The maximum atomic E-state index is 8.63. The summed E-state index contributed by atoms with van der Waals surface area (Å²) in [6.07, 6.45) is 6.20. The highest BCUT2D eigenvalue weighted by Crippen LogP contribution is 2.15. The first-order valence-electron chi connectivity index (χ1n) is 5.27. The van der Waals surface area contributed by atoms with Crippen molar-refractivity contribution in [1.82, 2.24) is 0 Å². The standard InChI is InChI=1S/C11H24O/c1-10(2)6-4-7-11(3)8-5-9-12/h10-12H,4-9H2,1-3H3/t11-/m1/s1. The molecular weight excluding hydrogens is 148 g/mol. The fraction of sp³-hybridized carbons (Fsp3) is 1.00. The molecule has 0 radical (unpaired) electrons. The predicted molar refractivity (Wildman–Crippen MR) is 54.2 cm³/mol. The van der Waals surface area contributed by atoms with Gasteiger partial charge >= 0.3 is 0 Å². The van der Waals surface area contributed by atoms with Crippen LogP contribution in [0.2, 0.25) is 0 Å². The maximum Gasteiger partial charge on any atom is 0.0431 e. The van der Waals surface area contributed by atoms with E-state index < -0.39 is 0 Å². The molecule has 0 fully saturated rings. The van der Waals surface area contributed by atoms with Crippen LogP contribution in [-0.2, 0) is 0 Å². The Morgan fingerprint density at radius 1 is 0.917 bits per heavy atom. The number of aliphatic hydroxyl groups is 1. The van der Waals surface area contributed by atoms with E-state index in [0.717, 1.165) is 18.3 Å². The summed E-state index contributed by atoms with van der Waals surface area (Å²) in [7, 11) is 0. The van der Waals surface area contributed by atoms with Gasteiger partial charge in [0.05, 0.1) is 0 Å². The molecule has 74 valence electrons. The molecule has 0 heterocycles. The van der Waals surface area contributed by atoms with Gasteiger partial charge < -0.3 is 5.11 Å². The molecule has 1 heteroatoms. The zero-order valence-electron chi connectivity index (χ0n) is 8.84. The van der Waals surface area contributed by atoms with Crippen molar-refractivity contribution in [2.45, 2.75) is 52.9 Å². The average molecular weight is 172 g/mol. The highest BCUT2D eigenvalue weighted by molar-refractivity contribution is 4.55. The average Bonchev–Trinajstić information content (AvgIpc) is 2.00. The van der Waals surface area contributed by atoms with Crippen LogP contribution < -0.4 is 0 Å². The molecule has 1 N–H and O–H groups in total. The molecule has 0 aliphatic carbocycles. The van der Waals surface area contributed by atoms with E-state index in [9.17, 15) is 0 Å². The molecule has 1 nitrogen and oxygen atoms in total. The summed E-state index contributed by atoms with van der Waals surface area (Å²) >= 11 is 0. The van der Waals surface area contributed by atoms with Gasteiger partial charge in [-0.05, 0) is 24.7 Å². The van der Waals surface area contributed by atoms with Gasteiger partial charge in [-0.3, -0.25) is 0 Å². The van der Waals surface area contributed by atoms with Gasteiger partial charge in [-0.1, -0.05) is 40.0 Å². The third-order valence-corrected chi connectivity index (χ3v) is 2.33. The van der Waals surface area contributed by atoms with Crippen LogP contribution in [0, 0.1) is 11.8 Å². The Morgan fingerprint density at radius 3 is 2.00 bits per heavy atom. The number of rotatable bonds is 7. The summed E-state index contributed by atoms with van der Waals surface area (Å²) < 4.78 is 0. The van der Waals surface area contributed by atoms with Crippen molar-refractivity contribution in [3.05, 3.63) is 0 Å². The highest BCUT2D eigenvalue weighted by atomic mass is 16.2. The Kier molecular flexibility index (Phi) is 7.58. The van der Waals surface area contributed by atoms with E-state index in [2.05, 4.69) is 20.8 Å². The van der Waals surface area contributed by atoms with Crippen molar-refractivity contribution in [3.8, 4) is 0 Å². The molecule has 0 spiro atoms. The molecule has 0 aliphatic heterocycles. The zero-order chi connectivity index (χ0) is 9.40. The Balaban J connectivity index is 3.13. The molecule has 0 saturated carbocycles. The lowest BCUT2D eigenvalue weighted by Crippen LogP contribution is -1.98. The largest absolute Gasteiger partial charge is 0.396 e. The first-order valence-corrected chi connectivity index (χ1v) is 5.27. The van der Waals surface area contributed by atoms with Crippen molar-refractivity contribution in [1.29, 1.82) is 0 Å². The van der Waals surface area contributed by atoms with Crippen LogP contribution in [0.1, 0.15) is 52.9 Å². The lowest BCUT2D eigenvalue weighted by Gasteiger charge is -2.10. The third-order valence-electron chi connectivity index (χ3n) is 2.33. The van der Waals surface area contributed by atoms with Gasteiger partial charge in [-0.25, -0.2) is 0 Å². The van der Waals surface area contributed by atoms with Crippen molar-refractivity contribution >= 4 is 0 Å². The van der Waals surface area contributed by atoms with Crippen molar-refractivity contribution in [2.75, 3.05) is 6.61 Å². The summed E-state index contributed by atoms with van der Waals surface area (Å²) in [5.74, 6) is 1.64. The third kappa shape index (κ3) is 8.06. The smallest absolute Gasteiger partial charge is 0.0431 e. The fourth-order valence-electron chi connectivity index (χ4n) is 1.46. The highest BCUT2D eigenvalue weighted by Gasteiger charge is 2.02. The minimum Gasteiger partial charge on any atom is -0.396 e. The number of hydrogen-bond donors (Lipinski definition) is 1. The Hall–Kier alpha value is -0.0400. The van der Waals surface area contributed by atoms with Crippen LogP contribution in [0.4, 0.5) is 0 Å². The predicted octanol–water partition coefficient (Wildman–Crippen LogP) is 3.22. The first kappa shape index (κ1) is 12.0. The second-order valence-corrected chi connectivity index (χ2v) is 4.30. The van der Waals surface area contributed by atoms with Gasteiger partial charge in [0.25, 0.3) is 0 Å². The number of aliphatic hydroxyl groups excluding tert-OH is 1. The van der Waals surface area contributed by atoms with E-state index in [1.165, 1.54) is 25.7 Å². The summed E-state index contributed by atoms with van der Waals surface area (Å²) in [5, 5.41) is 8.63. The normalized spacial score (nSPS) is 13.8. The molecule has 0 bridgehead atoms. The molecular formula is C11H24O. The molecule has 0 aromatic heterocycles. The van der Waals surface area contributed by atoms with Crippen molar-refractivity contribution < 1.29 is 5.11 Å². The van der Waals surface area contributed by atoms with E-state index >= 15 is 0 Å². The molecule has 0 aliphatic rings. The Labute approximate surface area is 77.2 Å². The van der Waals surface area contributed by atoms with Crippen molar-refractivity contribution in [3.63, 3.8) is 0 Å².